The van der Waals surface area contributed by atoms with Crippen LogP contribution in [-0.2, 0) is 14.8 Å². The number of sulfonamides is 1. The predicted octanol–water partition coefficient (Wildman–Crippen LogP) is 0.334. The van der Waals surface area contributed by atoms with Crippen molar-refractivity contribution in [3.63, 3.8) is 0 Å². The molecule has 0 aromatic heterocycles. The lowest BCUT2D eigenvalue weighted by atomic mass is 10.1. The monoisotopic (exact) mass is 369 g/mol. The molecule has 1 aromatic rings. The molecule has 25 heavy (non-hydrogen) atoms. The number of likely N-dealkylation sites (tertiary alicyclic amines) is 1. The third kappa shape index (κ3) is 6.30. The third-order valence-corrected chi connectivity index (χ3v) is 5.35. The zero-order valence-electron chi connectivity index (χ0n) is 14.8. The van der Waals surface area contributed by atoms with E-state index in [1.54, 1.807) is 18.2 Å². The fourth-order valence-electron chi connectivity index (χ4n) is 2.96. The number of anilines is 1. The third-order valence-electron chi connectivity index (χ3n) is 4.21. The minimum atomic E-state index is -3.55. The van der Waals surface area contributed by atoms with Gasteiger partial charge >= 0.3 is 0 Å². The van der Waals surface area contributed by atoms with Crippen molar-refractivity contribution in [2.45, 2.75) is 25.9 Å². The first-order valence-corrected chi connectivity index (χ1v) is 10.3. The fraction of sp³-hybridized carbons (Fsp3) is 0.588. The second-order valence-electron chi connectivity index (χ2n) is 6.56. The van der Waals surface area contributed by atoms with E-state index in [2.05, 4.69) is 10.2 Å². The fourth-order valence-corrected chi connectivity index (χ4v) is 3.81. The molecule has 1 aliphatic rings. The van der Waals surface area contributed by atoms with E-state index in [0.29, 0.717) is 25.3 Å². The summed E-state index contributed by atoms with van der Waals surface area (Å²) in [5, 5.41) is 12.4. The van der Waals surface area contributed by atoms with Crippen molar-refractivity contribution in [1.29, 1.82) is 0 Å². The maximum absolute atomic E-state index is 12.2. The number of carbonyl (C=O) groups excluding carboxylic acids is 1. The van der Waals surface area contributed by atoms with Gasteiger partial charge in [0.25, 0.3) is 0 Å². The summed E-state index contributed by atoms with van der Waals surface area (Å²) in [6.07, 6.45) is 2.57. The lowest BCUT2D eigenvalue weighted by Gasteiger charge is -2.30. The predicted molar refractivity (Wildman–Crippen MR) is 98.1 cm³/mol. The van der Waals surface area contributed by atoms with Crippen LogP contribution in [0.5, 0.6) is 0 Å². The molecule has 2 rings (SSSR count). The molecule has 1 amide bonds. The van der Waals surface area contributed by atoms with Crippen molar-refractivity contribution in [2.75, 3.05) is 43.3 Å². The van der Waals surface area contributed by atoms with E-state index >= 15 is 0 Å². The Balaban J connectivity index is 1.89. The molecule has 1 heterocycles. The number of hydrogen-bond acceptors (Lipinski definition) is 5. The van der Waals surface area contributed by atoms with Crippen molar-refractivity contribution >= 4 is 21.6 Å². The zero-order chi connectivity index (χ0) is 18.4. The Morgan fingerprint density at radius 1 is 1.44 bits per heavy atom. The largest absolute Gasteiger partial charge is 0.392 e. The summed E-state index contributed by atoms with van der Waals surface area (Å²) in [7, 11) is -3.55. The van der Waals surface area contributed by atoms with Crippen LogP contribution < -0.4 is 9.62 Å². The number of piperidine rings is 1. The Morgan fingerprint density at radius 3 is 2.84 bits per heavy atom. The van der Waals surface area contributed by atoms with Gasteiger partial charge in [0.2, 0.25) is 15.9 Å². The van der Waals surface area contributed by atoms with Gasteiger partial charge in [-0.05, 0) is 44.0 Å². The molecule has 0 unspecified atom stereocenters. The molecule has 0 saturated carbocycles. The van der Waals surface area contributed by atoms with Gasteiger partial charge in [0.1, 0.15) is 6.54 Å². The minimum absolute atomic E-state index is 0.245. The van der Waals surface area contributed by atoms with Gasteiger partial charge in [-0.15, -0.1) is 0 Å². The molecule has 1 atom stereocenters. The quantitative estimate of drug-likeness (QED) is 0.723. The second kappa shape index (κ2) is 8.64. The van der Waals surface area contributed by atoms with Crippen LogP contribution in [0.4, 0.5) is 5.69 Å². The van der Waals surface area contributed by atoms with Gasteiger partial charge in [-0.2, -0.15) is 0 Å². The van der Waals surface area contributed by atoms with Crippen LogP contribution in [0, 0.1) is 6.92 Å². The first-order chi connectivity index (χ1) is 11.8. The van der Waals surface area contributed by atoms with Gasteiger partial charge in [0.05, 0.1) is 18.0 Å². The summed E-state index contributed by atoms with van der Waals surface area (Å²) in [5.41, 5.74) is 1.41. The standard InChI is InChI=1S/C17H27N3O4S/c1-14-5-3-6-15(11-14)20(25(2,23)24)13-17(22)18-8-10-19-9-4-7-16(21)12-19/h3,5-6,11,16,21H,4,7-10,12-13H2,1-2H3,(H,18,22)/t16-/m0/s1. The summed E-state index contributed by atoms with van der Waals surface area (Å²) in [5.74, 6) is -0.343. The molecular formula is C17H27N3O4S. The van der Waals surface area contributed by atoms with E-state index in [4.69, 9.17) is 0 Å². The molecule has 0 spiro atoms. The number of aliphatic hydroxyl groups excluding tert-OH is 1. The molecule has 8 heteroatoms. The SMILES string of the molecule is Cc1cccc(N(CC(=O)NCCN2CCC[C@H](O)C2)S(C)(=O)=O)c1. The van der Waals surface area contributed by atoms with Gasteiger partial charge in [0.15, 0.2) is 0 Å². The van der Waals surface area contributed by atoms with Crippen LogP contribution in [0.25, 0.3) is 0 Å². The summed E-state index contributed by atoms with van der Waals surface area (Å²) in [6, 6.07) is 7.05. The number of nitrogens with one attached hydrogen (secondary N) is 1. The normalized spacial score (nSPS) is 18.8. The Bertz CT molecular complexity index is 693. The Morgan fingerprint density at radius 2 is 2.20 bits per heavy atom. The zero-order valence-corrected chi connectivity index (χ0v) is 15.6. The molecule has 2 N–H and O–H groups in total. The van der Waals surface area contributed by atoms with Crippen LogP contribution in [0.2, 0.25) is 0 Å². The van der Waals surface area contributed by atoms with Crippen molar-refractivity contribution in [1.82, 2.24) is 10.2 Å². The highest BCUT2D eigenvalue weighted by Crippen LogP contribution is 2.18. The summed E-state index contributed by atoms with van der Waals surface area (Å²) in [4.78, 5) is 14.3. The van der Waals surface area contributed by atoms with E-state index in [1.165, 1.54) is 0 Å². The average molecular weight is 369 g/mol. The minimum Gasteiger partial charge on any atom is -0.392 e. The van der Waals surface area contributed by atoms with E-state index < -0.39 is 10.0 Å². The maximum Gasteiger partial charge on any atom is 0.240 e. The van der Waals surface area contributed by atoms with Crippen LogP contribution in [0.15, 0.2) is 24.3 Å². The highest BCUT2D eigenvalue weighted by atomic mass is 32.2. The maximum atomic E-state index is 12.2. The van der Waals surface area contributed by atoms with Crippen molar-refractivity contribution in [3.8, 4) is 0 Å². The van der Waals surface area contributed by atoms with Crippen molar-refractivity contribution in [2.24, 2.45) is 0 Å². The summed E-state index contributed by atoms with van der Waals surface area (Å²) < 4.78 is 25.2. The average Bonchev–Trinajstić information content (AvgIpc) is 2.51. The Hall–Kier alpha value is -1.64. The van der Waals surface area contributed by atoms with E-state index in [9.17, 15) is 18.3 Å². The number of hydrogen-bond donors (Lipinski definition) is 2. The van der Waals surface area contributed by atoms with Crippen LogP contribution in [0.3, 0.4) is 0 Å². The number of aryl methyl sites for hydroxylation is 1. The Labute approximate surface area is 149 Å². The topological polar surface area (TPSA) is 89.9 Å². The Kier molecular flexibility index (Phi) is 6.80. The number of amides is 1. The van der Waals surface area contributed by atoms with Crippen LogP contribution >= 0.6 is 0 Å². The summed E-state index contributed by atoms with van der Waals surface area (Å²) in [6.45, 7) is 4.23. The van der Waals surface area contributed by atoms with Gasteiger partial charge in [-0.1, -0.05) is 12.1 Å². The lowest BCUT2D eigenvalue weighted by Crippen LogP contribution is -2.45. The number of aliphatic hydroxyl groups is 1. The van der Waals surface area contributed by atoms with Gasteiger partial charge in [-0.3, -0.25) is 14.0 Å². The van der Waals surface area contributed by atoms with Crippen LogP contribution in [-0.4, -0.2) is 69.4 Å². The van der Waals surface area contributed by atoms with Crippen molar-refractivity contribution in [3.05, 3.63) is 29.8 Å². The highest BCUT2D eigenvalue weighted by Gasteiger charge is 2.21. The molecule has 1 aromatic carbocycles. The van der Waals surface area contributed by atoms with Gasteiger partial charge < -0.3 is 10.4 Å². The van der Waals surface area contributed by atoms with Gasteiger partial charge in [-0.25, -0.2) is 8.42 Å². The number of rotatable bonds is 7. The smallest absolute Gasteiger partial charge is 0.240 e. The highest BCUT2D eigenvalue weighted by molar-refractivity contribution is 7.92. The molecular weight excluding hydrogens is 342 g/mol. The molecule has 1 saturated heterocycles. The van der Waals surface area contributed by atoms with Crippen molar-refractivity contribution < 1.29 is 18.3 Å². The molecule has 0 aliphatic carbocycles. The van der Waals surface area contributed by atoms with E-state index in [-0.39, 0.29) is 18.6 Å². The molecule has 7 nitrogen and oxygen atoms in total. The molecule has 0 radical (unpaired) electrons. The van der Waals surface area contributed by atoms with E-state index in [0.717, 1.165) is 35.5 Å². The number of benzene rings is 1. The molecule has 1 fully saturated rings. The second-order valence-corrected chi connectivity index (χ2v) is 8.46. The summed E-state index contributed by atoms with van der Waals surface area (Å²) >= 11 is 0. The molecule has 140 valence electrons. The lowest BCUT2D eigenvalue weighted by molar-refractivity contribution is -0.119. The number of nitrogens with zero attached hydrogens (tertiary/aromatic N) is 2. The number of carbonyl (C=O) groups is 1. The number of β-amino-alcohol motifs (C(OH)–C–C–N with tert-alkyl or cyclic N) is 1. The van der Waals surface area contributed by atoms with Crippen LogP contribution in [0.1, 0.15) is 18.4 Å². The molecule has 0 bridgehead atoms. The first kappa shape index (κ1) is 19.7. The first-order valence-electron chi connectivity index (χ1n) is 8.47. The van der Waals surface area contributed by atoms with E-state index in [1.807, 2.05) is 13.0 Å². The van der Waals surface area contributed by atoms with Gasteiger partial charge in [0, 0.05) is 19.6 Å². The molecule has 1 aliphatic heterocycles.